The van der Waals surface area contributed by atoms with Gasteiger partial charge in [0.05, 0.1) is 28.9 Å². The Hall–Kier alpha value is -1.01. The predicted molar refractivity (Wildman–Crippen MR) is 58.7 cm³/mol. The summed E-state index contributed by atoms with van der Waals surface area (Å²) in [7, 11) is 0. The zero-order valence-electron chi connectivity index (χ0n) is 8.83. The summed E-state index contributed by atoms with van der Waals surface area (Å²) < 4.78 is 1.98. The number of hydrogen-bond donors (Lipinski definition) is 0. The third kappa shape index (κ3) is 1.74. The van der Waals surface area contributed by atoms with E-state index in [1.54, 1.807) is 0 Å². The average Bonchev–Trinajstić information content (AvgIpc) is 2.83. The molecule has 1 aromatic heterocycles. The fourth-order valence-corrected chi connectivity index (χ4v) is 2.58. The van der Waals surface area contributed by atoms with Gasteiger partial charge in [-0.3, -0.25) is 4.68 Å². The van der Waals surface area contributed by atoms with E-state index in [0.29, 0.717) is 17.5 Å². The van der Waals surface area contributed by atoms with E-state index in [1.807, 2.05) is 11.6 Å². The molecule has 80 valence electrons. The number of aryl methyl sites for hydroxylation is 1. The van der Waals surface area contributed by atoms with Crippen molar-refractivity contribution in [3.8, 4) is 6.07 Å². The lowest BCUT2D eigenvalue weighted by Gasteiger charge is -2.12. The van der Waals surface area contributed by atoms with E-state index in [2.05, 4.69) is 11.2 Å². The molecule has 1 aliphatic carbocycles. The SMILES string of the molecule is Cc1nn(C2CCCC2)c(CCl)c1C#N. The molecule has 4 heteroatoms. The summed E-state index contributed by atoms with van der Waals surface area (Å²) in [5.41, 5.74) is 2.36. The van der Waals surface area contributed by atoms with E-state index in [1.165, 1.54) is 12.8 Å². The molecule has 0 aromatic carbocycles. The van der Waals surface area contributed by atoms with Crippen molar-refractivity contribution in [3.63, 3.8) is 0 Å². The van der Waals surface area contributed by atoms with Gasteiger partial charge in [-0.1, -0.05) is 12.8 Å². The van der Waals surface area contributed by atoms with Gasteiger partial charge in [-0.25, -0.2) is 0 Å². The van der Waals surface area contributed by atoms with Crippen LogP contribution in [0.15, 0.2) is 0 Å². The molecule has 0 atom stereocenters. The molecule has 0 bridgehead atoms. The topological polar surface area (TPSA) is 41.6 Å². The summed E-state index contributed by atoms with van der Waals surface area (Å²) in [6, 6.07) is 2.65. The Morgan fingerprint density at radius 3 is 2.73 bits per heavy atom. The van der Waals surface area contributed by atoms with Gasteiger partial charge in [-0.15, -0.1) is 11.6 Å². The van der Waals surface area contributed by atoms with Crippen LogP contribution in [-0.2, 0) is 5.88 Å². The molecule has 0 radical (unpaired) electrons. The zero-order chi connectivity index (χ0) is 10.8. The zero-order valence-corrected chi connectivity index (χ0v) is 9.59. The number of alkyl halides is 1. The van der Waals surface area contributed by atoms with Crippen molar-refractivity contribution in [3.05, 3.63) is 17.0 Å². The molecule has 0 unspecified atom stereocenters. The number of aromatic nitrogens is 2. The summed E-state index contributed by atoms with van der Waals surface area (Å²) in [5, 5.41) is 13.5. The second-order valence-electron chi connectivity index (χ2n) is 4.04. The molecular weight excluding hydrogens is 210 g/mol. The Balaban J connectivity index is 2.42. The van der Waals surface area contributed by atoms with Crippen LogP contribution in [0.2, 0.25) is 0 Å². The first-order valence-electron chi connectivity index (χ1n) is 5.32. The van der Waals surface area contributed by atoms with Crippen molar-refractivity contribution in [2.75, 3.05) is 0 Å². The highest BCUT2D eigenvalue weighted by molar-refractivity contribution is 6.17. The Bertz CT molecular complexity index is 397. The molecule has 1 aromatic rings. The molecule has 0 spiro atoms. The minimum atomic E-state index is 0.375. The molecule has 1 heterocycles. The second kappa shape index (κ2) is 4.24. The van der Waals surface area contributed by atoms with Gasteiger partial charge in [-0.05, 0) is 19.8 Å². The van der Waals surface area contributed by atoms with Crippen LogP contribution < -0.4 is 0 Å². The van der Waals surface area contributed by atoms with E-state index in [4.69, 9.17) is 16.9 Å². The molecule has 2 rings (SSSR count). The first-order valence-corrected chi connectivity index (χ1v) is 5.85. The summed E-state index contributed by atoms with van der Waals surface area (Å²) in [4.78, 5) is 0. The van der Waals surface area contributed by atoms with E-state index < -0.39 is 0 Å². The maximum Gasteiger partial charge on any atom is 0.103 e. The molecule has 1 aliphatic rings. The minimum absolute atomic E-state index is 0.375. The van der Waals surface area contributed by atoms with E-state index in [9.17, 15) is 0 Å². The van der Waals surface area contributed by atoms with Crippen molar-refractivity contribution < 1.29 is 0 Å². The van der Waals surface area contributed by atoms with Crippen LogP contribution in [0.25, 0.3) is 0 Å². The molecule has 1 fully saturated rings. The summed E-state index contributed by atoms with van der Waals surface area (Å²) in [6.07, 6.45) is 4.84. The molecule has 0 saturated heterocycles. The standard InChI is InChI=1S/C11H14ClN3/c1-8-10(7-13)11(6-12)15(14-8)9-4-2-3-5-9/h9H,2-6H2,1H3. The van der Waals surface area contributed by atoms with Crippen LogP contribution in [0.4, 0.5) is 0 Å². The summed E-state index contributed by atoms with van der Waals surface area (Å²) in [5.74, 6) is 0.375. The average molecular weight is 224 g/mol. The van der Waals surface area contributed by atoms with E-state index >= 15 is 0 Å². The highest BCUT2D eigenvalue weighted by Crippen LogP contribution is 2.31. The maximum absolute atomic E-state index is 9.02. The Kier molecular flexibility index (Phi) is 2.97. The van der Waals surface area contributed by atoms with Crippen LogP contribution in [-0.4, -0.2) is 9.78 Å². The lowest BCUT2D eigenvalue weighted by molar-refractivity contribution is 0.453. The predicted octanol–water partition coefficient (Wildman–Crippen LogP) is 2.92. The van der Waals surface area contributed by atoms with E-state index in [-0.39, 0.29) is 0 Å². The molecular formula is C11H14ClN3. The third-order valence-electron chi connectivity index (χ3n) is 3.09. The van der Waals surface area contributed by atoms with Crippen LogP contribution in [0.5, 0.6) is 0 Å². The van der Waals surface area contributed by atoms with Crippen LogP contribution in [0.3, 0.4) is 0 Å². The van der Waals surface area contributed by atoms with Gasteiger partial charge in [0.1, 0.15) is 6.07 Å². The first kappa shape index (κ1) is 10.5. The number of hydrogen-bond acceptors (Lipinski definition) is 2. The van der Waals surface area contributed by atoms with E-state index in [0.717, 1.165) is 24.2 Å². The van der Waals surface area contributed by atoms with Crippen molar-refractivity contribution in [1.82, 2.24) is 9.78 Å². The van der Waals surface area contributed by atoms with Gasteiger partial charge in [0.25, 0.3) is 0 Å². The molecule has 15 heavy (non-hydrogen) atoms. The monoisotopic (exact) mass is 223 g/mol. The van der Waals surface area contributed by atoms with Gasteiger partial charge in [-0.2, -0.15) is 10.4 Å². The number of halogens is 1. The van der Waals surface area contributed by atoms with Gasteiger partial charge >= 0.3 is 0 Å². The quantitative estimate of drug-likeness (QED) is 0.724. The Labute approximate surface area is 94.6 Å². The normalized spacial score (nSPS) is 16.9. The summed E-state index contributed by atoms with van der Waals surface area (Å²) in [6.45, 7) is 1.88. The number of nitriles is 1. The first-order chi connectivity index (χ1) is 7.27. The fraction of sp³-hybridized carbons (Fsp3) is 0.636. The Morgan fingerprint density at radius 1 is 1.53 bits per heavy atom. The molecule has 1 saturated carbocycles. The second-order valence-corrected chi connectivity index (χ2v) is 4.30. The minimum Gasteiger partial charge on any atom is -0.264 e. The van der Waals surface area contributed by atoms with Crippen molar-refractivity contribution in [2.45, 2.75) is 44.5 Å². The van der Waals surface area contributed by atoms with Crippen molar-refractivity contribution >= 4 is 11.6 Å². The summed E-state index contributed by atoms with van der Waals surface area (Å²) >= 11 is 5.90. The third-order valence-corrected chi connectivity index (χ3v) is 3.35. The van der Waals surface area contributed by atoms with Gasteiger partial charge in [0.2, 0.25) is 0 Å². The lowest BCUT2D eigenvalue weighted by Crippen LogP contribution is -2.10. The smallest absolute Gasteiger partial charge is 0.103 e. The maximum atomic E-state index is 9.02. The fourth-order valence-electron chi connectivity index (χ4n) is 2.32. The number of nitrogens with zero attached hydrogens (tertiary/aromatic N) is 3. The van der Waals surface area contributed by atoms with Gasteiger partial charge < -0.3 is 0 Å². The van der Waals surface area contributed by atoms with Crippen LogP contribution in [0.1, 0.15) is 48.7 Å². The van der Waals surface area contributed by atoms with Crippen molar-refractivity contribution in [1.29, 1.82) is 5.26 Å². The largest absolute Gasteiger partial charge is 0.264 e. The van der Waals surface area contributed by atoms with Gasteiger partial charge in [0, 0.05) is 0 Å². The molecule has 3 nitrogen and oxygen atoms in total. The molecule has 0 aliphatic heterocycles. The van der Waals surface area contributed by atoms with Crippen molar-refractivity contribution in [2.24, 2.45) is 0 Å². The number of rotatable bonds is 2. The molecule has 0 amide bonds. The van der Waals surface area contributed by atoms with Crippen LogP contribution in [0, 0.1) is 18.3 Å². The lowest BCUT2D eigenvalue weighted by atomic mass is 10.2. The highest BCUT2D eigenvalue weighted by Gasteiger charge is 2.23. The molecule has 0 N–H and O–H groups in total. The highest BCUT2D eigenvalue weighted by atomic mass is 35.5. The van der Waals surface area contributed by atoms with Gasteiger partial charge in [0.15, 0.2) is 0 Å². The Morgan fingerprint density at radius 2 is 2.20 bits per heavy atom. The van der Waals surface area contributed by atoms with Crippen LogP contribution >= 0.6 is 11.6 Å².